The van der Waals surface area contributed by atoms with Crippen molar-refractivity contribution in [2.75, 3.05) is 13.2 Å². The molecule has 0 saturated carbocycles. The van der Waals surface area contributed by atoms with Crippen molar-refractivity contribution in [3.63, 3.8) is 0 Å². The summed E-state index contributed by atoms with van der Waals surface area (Å²) in [7, 11) is 0. The van der Waals surface area contributed by atoms with Gasteiger partial charge in [-0.15, -0.1) is 0 Å². The Kier molecular flexibility index (Phi) is 3.50. The van der Waals surface area contributed by atoms with Crippen molar-refractivity contribution in [2.45, 2.75) is 38.8 Å². The van der Waals surface area contributed by atoms with Crippen LogP contribution >= 0.6 is 0 Å². The summed E-state index contributed by atoms with van der Waals surface area (Å²) in [6.07, 6.45) is 0.883. The van der Waals surface area contributed by atoms with Gasteiger partial charge in [0.15, 0.2) is 0 Å². The maximum atomic E-state index is 11.8. The molecule has 3 N–H and O–H groups in total. The molecule has 0 radical (unpaired) electrons. The largest absolute Gasteiger partial charge is 0.394 e. The number of carbonyl (C=O) groups is 1. The van der Waals surface area contributed by atoms with E-state index in [0.29, 0.717) is 0 Å². The van der Waals surface area contributed by atoms with Gasteiger partial charge in [-0.25, -0.2) is 0 Å². The minimum Gasteiger partial charge on any atom is -0.394 e. The lowest BCUT2D eigenvalue weighted by molar-refractivity contribution is -0.127. The summed E-state index contributed by atoms with van der Waals surface area (Å²) in [4.78, 5) is 11.8. The van der Waals surface area contributed by atoms with Gasteiger partial charge >= 0.3 is 0 Å². The number of amides is 1. The van der Waals surface area contributed by atoms with E-state index < -0.39 is 5.54 Å². The second-order valence-corrected chi connectivity index (χ2v) is 4.67. The normalized spacial score (nSPS) is 27.7. The van der Waals surface area contributed by atoms with E-state index in [0.717, 1.165) is 13.0 Å². The van der Waals surface area contributed by atoms with Gasteiger partial charge in [-0.1, -0.05) is 0 Å². The summed E-state index contributed by atoms with van der Waals surface area (Å²) in [5.74, 6) is 0.0855. The van der Waals surface area contributed by atoms with Crippen LogP contribution < -0.4 is 10.6 Å². The molecule has 82 valence electrons. The van der Waals surface area contributed by atoms with Gasteiger partial charge in [0.1, 0.15) is 0 Å². The summed E-state index contributed by atoms with van der Waals surface area (Å²) in [6.45, 7) is 6.52. The van der Waals surface area contributed by atoms with Crippen LogP contribution in [0, 0.1) is 5.92 Å². The molecule has 0 aromatic rings. The Hall–Kier alpha value is -0.610. The molecule has 0 aliphatic carbocycles. The maximum Gasteiger partial charge on any atom is 0.225 e. The standard InChI is InChI=1S/C10H20N2O2/c1-7-8(4-5-11-7)9(14)12-10(2,3)6-13/h7-8,11,13H,4-6H2,1-3H3,(H,12,14). The summed E-state index contributed by atoms with van der Waals surface area (Å²) >= 11 is 0. The van der Waals surface area contributed by atoms with Crippen molar-refractivity contribution in [2.24, 2.45) is 5.92 Å². The Balaban J connectivity index is 2.49. The molecule has 1 fully saturated rings. The molecule has 4 heteroatoms. The van der Waals surface area contributed by atoms with Gasteiger partial charge in [0.25, 0.3) is 0 Å². The molecule has 0 aromatic heterocycles. The molecular formula is C10H20N2O2. The molecule has 4 nitrogen and oxygen atoms in total. The zero-order valence-corrected chi connectivity index (χ0v) is 9.13. The maximum absolute atomic E-state index is 11.8. The summed E-state index contributed by atoms with van der Waals surface area (Å²) in [6, 6.07) is 0.240. The molecule has 1 heterocycles. The van der Waals surface area contributed by atoms with Crippen LogP contribution in [0.4, 0.5) is 0 Å². The van der Waals surface area contributed by atoms with E-state index >= 15 is 0 Å². The van der Waals surface area contributed by atoms with Crippen LogP contribution in [-0.4, -0.2) is 35.7 Å². The molecule has 2 unspecified atom stereocenters. The first-order valence-electron chi connectivity index (χ1n) is 5.12. The Morgan fingerprint density at radius 3 is 2.71 bits per heavy atom. The van der Waals surface area contributed by atoms with E-state index in [9.17, 15) is 4.79 Å². The van der Waals surface area contributed by atoms with Crippen LogP contribution in [0.25, 0.3) is 0 Å². The van der Waals surface area contributed by atoms with E-state index in [-0.39, 0.29) is 24.5 Å². The van der Waals surface area contributed by atoms with E-state index in [4.69, 9.17) is 5.11 Å². The Morgan fingerprint density at radius 1 is 1.64 bits per heavy atom. The fourth-order valence-corrected chi connectivity index (χ4v) is 1.68. The molecule has 2 atom stereocenters. The molecule has 1 aliphatic heterocycles. The molecular weight excluding hydrogens is 180 g/mol. The number of carbonyl (C=O) groups excluding carboxylic acids is 1. The van der Waals surface area contributed by atoms with E-state index in [1.54, 1.807) is 0 Å². The van der Waals surface area contributed by atoms with Crippen LogP contribution in [0.5, 0.6) is 0 Å². The quantitative estimate of drug-likeness (QED) is 0.595. The summed E-state index contributed by atoms with van der Waals surface area (Å²) < 4.78 is 0. The Bertz CT molecular complexity index is 216. The lowest BCUT2D eigenvalue weighted by Gasteiger charge is -2.26. The van der Waals surface area contributed by atoms with Crippen molar-refractivity contribution < 1.29 is 9.90 Å². The zero-order chi connectivity index (χ0) is 10.8. The monoisotopic (exact) mass is 200 g/mol. The molecule has 1 rings (SSSR count). The average molecular weight is 200 g/mol. The third kappa shape index (κ3) is 2.69. The van der Waals surface area contributed by atoms with E-state index in [2.05, 4.69) is 10.6 Å². The number of hydrogen-bond donors (Lipinski definition) is 3. The number of aliphatic hydroxyl groups is 1. The smallest absolute Gasteiger partial charge is 0.225 e. The topological polar surface area (TPSA) is 61.4 Å². The highest BCUT2D eigenvalue weighted by Crippen LogP contribution is 2.16. The first kappa shape index (κ1) is 11.5. The number of aliphatic hydroxyl groups excluding tert-OH is 1. The number of hydrogen-bond acceptors (Lipinski definition) is 3. The van der Waals surface area contributed by atoms with Crippen molar-refractivity contribution in [3.8, 4) is 0 Å². The van der Waals surface area contributed by atoms with Gasteiger partial charge in [-0.2, -0.15) is 0 Å². The molecule has 1 amide bonds. The van der Waals surface area contributed by atoms with Crippen molar-refractivity contribution in [3.05, 3.63) is 0 Å². The van der Waals surface area contributed by atoms with Crippen LogP contribution in [0.1, 0.15) is 27.2 Å². The van der Waals surface area contributed by atoms with Gasteiger partial charge in [0, 0.05) is 6.04 Å². The van der Waals surface area contributed by atoms with Crippen LogP contribution in [0.15, 0.2) is 0 Å². The molecule has 0 bridgehead atoms. The van der Waals surface area contributed by atoms with Crippen LogP contribution in [-0.2, 0) is 4.79 Å². The highest BCUT2D eigenvalue weighted by atomic mass is 16.3. The first-order valence-corrected chi connectivity index (χ1v) is 5.12. The minimum absolute atomic E-state index is 0.0345. The van der Waals surface area contributed by atoms with Crippen molar-refractivity contribution in [1.29, 1.82) is 0 Å². The highest BCUT2D eigenvalue weighted by molar-refractivity contribution is 5.80. The fraction of sp³-hybridized carbons (Fsp3) is 0.900. The first-order chi connectivity index (χ1) is 6.46. The number of nitrogens with one attached hydrogen (secondary N) is 2. The fourth-order valence-electron chi connectivity index (χ4n) is 1.68. The Morgan fingerprint density at radius 2 is 2.29 bits per heavy atom. The van der Waals surface area contributed by atoms with Crippen LogP contribution in [0.3, 0.4) is 0 Å². The number of rotatable bonds is 3. The van der Waals surface area contributed by atoms with Gasteiger partial charge in [-0.3, -0.25) is 4.79 Å². The van der Waals surface area contributed by atoms with Gasteiger partial charge in [-0.05, 0) is 33.7 Å². The molecule has 1 saturated heterocycles. The predicted molar refractivity (Wildman–Crippen MR) is 54.9 cm³/mol. The SMILES string of the molecule is CC1NCCC1C(=O)NC(C)(C)CO. The second-order valence-electron chi connectivity index (χ2n) is 4.67. The summed E-state index contributed by atoms with van der Waals surface area (Å²) in [5, 5.41) is 15.1. The highest BCUT2D eigenvalue weighted by Gasteiger charge is 2.32. The van der Waals surface area contributed by atoms with Crippen molar-refractivity contribution >= 4 is 5.91 Å². The van der Waals surface area contributed by atoms with E-state index in [1.165, 1.54) is 0 Å². The average Bonchev–Trinajstić information content (AvgIpc) is 2.51. The molecule has 0 aromatic carbocycles. The minimum atomic E-state index is -0.514. The van der Waals surface area contributed by atoms with Crippen molar-refractivity contribution in [1.82, 2.24) is 10.6 Å². The lowest BCUT2D eigenvalue weighted by atomic mass is 9.98. The lowest BCUT2D eigenvalue weighted by Crippen LogP contribution is -2.50. The molecule has 1 aliphatic rings. The van der Waals surface area contributed by atoms with E-state index in [1.807, 2.05) is 20.8 Å². The molecule has 0 spiro atoms. The molecule has 14 heavy (non-hydrogen) atoms. The van der Waals surface area contributed by atoms with Crippen LogP contribution in [0.2, 0.25) is 0 Å². The third-order valence-electron chi connectivity index (χ3n) is 2.72. The zero-order valence-electron chi connectivity index (χ0n) is 9.13. The van der Waals surface area contributed by atoms with Gasteiger partial charge in [0.2, 0.25) is 5.91 Å². The van der Waals surface area contributed by atoms with Gasteiger partial charge in [0.05, 0.1) is 18.1 Å². The third-order valence-corrected chi connectivity index (χ3v) is 2.72. The predicted octanol–water partition coefficient (Wildman–Crippen LogP) is -0.128. The Labute approximate surface area is 85.1 Å². The second kappa shape index (κ2) is 4.28. The summed E-state index contributed by atoms with van der Waals surface area (Å²) in [5.41, 5.74) is -0.514. The van der Waals surface area contributed by atoms with Gasteiger partial charge < -0.3 is 15.7 Å².